The maximum atomic E-state index is 9.46. The molecule has 2 aromatic rings. The number of methoxy groups -OCH3 is 1. The van der Waals surface area contributed by atoms with Crippen LogP contribution in [0.1, 0.15) is 35.8 Å². The van der Waals surface area contributed by atoms with E-state index in [9.17, 15) is 5.11 Å². The molecular weight excluding hydrogens is 252 g/mol. The van der Waals surface area contributed by atoms with E-state index in [0.717, 1.165) is 42.9 Å². The minimum atomic E-state index is 0.208. The molecule has 20 heavy (non-hydrogen) atoms. The average Bonchev–Trinajstić information content (AvgIpc) is 2.91. The van der Waals surface area contributed by atoms with E-state index in [4.69, 9.17) is 4.74 Å². The summed E-state index contributed by atoms with van der Waals surface area (Å²) in [7, 11) is 1.70. The Labute approximate surface area is 119 Å². The second kappa shape index (κ2) is 5.67. The average molecular weight is 272 g/mol. The minimum absolute atomic E-state index is 0.208. The van der Waals surface area contributed by atoms with Gasteiger partial charge in [-0.05, 0) is 18.9 Å². The van der Waals surface area contributed by atoms with Gasteiger partial charge in [0.15, 0.2) is 0 Å². The molecule has 4 heteroatoms. The van der Waals surface area contributed by atoms with Crippen LogP contribution in [0.2, 0.25) is 0 Å². The number of aliphatic hydroxyl groups is 1. The van der Waals surface area contributed by atoms with Crippen molar-refractivity contribution < 1.29 is 9.84 Å². The van der Waals surface area contributed by atoms with Gasteiger partial charge in [0.25, 0.3) is 0 Å². The molecule has 1 aliphatic rings. The summed E-state index contributed by atoms with van der Waals surface area (Å²) in [6.45, 7) is 1.20. The normalized spacial score (nSPS) is 17.8. The molecule has 1 unspecified atom stereocenters. The Kier molecular flexibility index (Phi) is 3.74. The van der Waals surface area contributed by atoms with E-state index in [1.807, 2.05) is 24.4 Å². The highest BCUT2D eigenvalue weighted by atomic mass is 16.5. The van der Waals surface area contributed by atoms with Gasteiger partial charge in [0.1, 0.15) is 11.6 Å². The largest absolute Gasteiger partial charge is 0.496 e. The second-order valence-corrected chi connectivity index (χ2v) is 5.26. The van der Waals surface area contributed by atoms with Gasteiger partial charge in [0.2, 0.25) is 0 Å². The van der Waals surface area contributed by atoms with Gasteiger partial charge in [-0.25, -0.2) is 4.98 Å². The van der Waals surface area contributed by atoms with E-state index in [1.165, 1.54) is 5.69 Å². The number of fused-ring (bicyclic) bond motifs is 1. The molecule has 0 fully saturated rings. The molecule has 0 amide bonds. The molecule has 0 aliphatic carbocycles. The number of imidazole rings is 1. The number of rotatable bonds is 4. The van der Waals surface area contributed by atoms with Crippen molar-refractivity contribution in [1.29, 1.82) is 0 Å². The molecule has 1 atom stereocenters. The van der Waals surface area contributed by atoms with E-state index in [0.29, 0.717) is 0 Å². The molecule has 3 rings (SSSR count). The summed E-state index contributed by atoms with van der Waals surface area (Å²) in [4.78, 5) is 4.56. The molecule has 0 spiro atoms. The van der Waals surface area contributed by atoms with Gasteiger partial charge in [-0.15, -0.1) is 0 Å². The lowest BCUT2D eigenvalue weighted by Crippen LogP contribution is -2.19. The SMILES string of the molecule is COc1ccccc1Cc1ncc2n1CCCC2CO. The first kappa shape index (κ1) is 13.2. The predicted octanol–water partition coefficient (Wildman–Crippen LogP) is 2.35. The summed E-state index contributed by atoms with van der Waals surface area (Å²) in [6.07, 6.45) is 4.84. The molecular formula is C16H20N2O2. The van der Waals surface area contributed by atoms with Crippen molar-refractivity contribution in [3.05, 3.63) is 47.5 Å². The van der Waals surface area contributed by atoms with Crippen LogP contribution in [-0.4, -0.2) is 28.4 Å². The number of benzene rings is 1. The van der Waals surface area contributed by atoms with Crippen LogP contribution >= 0.6 is 0 Å². The van der Waals surface area contributed by atoms with Crippen molar-refractivity contribution >= 4 is 0 Å². The highest BCUT2D eigenvalue weighted by Crippen LogP contribution is 2.29. The van der Waals surface area contributed by atoms with E-state index in [2.05, 4.69) is 15.6 Å². The summed E-state index contributed by atoms with van der Waals surface area (Å²) < 4.78 is 7.66. The fourth-order valence-corrected chi connectivity index (χ4v) is 3.00. The molecule has 0 saturated heterocycles. The molecule has 4 nitrogen and oxygen atoms in total. The first-order chi connectivity index (χ1) is 9.83. The van der Waals surface area contributed by atoms with Gasteiger partial charge in [-0.2, -0.15) is 0 Å². The zero-order valence-electron chi connectivity index (χ0n) is 11.7. The quantitative estimate of drug-likeness (QED) is 0.929. The van der Waals surface area contributed by atoms with E-state index >= 15 is 0 Å². The van der Waals surface area contributed by atoms with Gasteiger partial charge >= 0.3 is 0 Å². The predicted molar refractivity (Wildman–Crippen MR) is 77.1 cm³/mol. The Morgan fingerprint density at radius 3 is 3.05 bits per heavy atom. The molecule has 1 aliphatic heterocycles. The van der Waals surface area contributed by atoms with Crippen molar-refractivity contribution in [2.75, 3.05) is 13.7 Å². The summed E-state index contributed by atoms with van der Waals surface area (Å²) >= 11 is 0. The maximum absolute atomic E-state index is 9.46. The summed E-state index contributed by atoms with van der Waals surface area (Å²) in [6, 6.07) is 8.05. The van der Waals surface area contributed by atoms with E-state index in [1.54, 1.807) is 7.11 Å². The number of hydrogen-bond donors (Lipinski definition) is 1. The first-order valence-electron chi connectivity index (χ1n) is 7.10. The smallest absolute Gasteiger partial charge is 0.122 e. The van der Waals surface area contributed by atoms with Crippen LogP contribution < -0.4 is 4.74 Å². The second-order valence-electron chi connectivity index (χ2n) is 5.26. The van der Waals surface area contributed by atoms with Gasteiger partial charge in [0, 0.05) is 36.3 Å². The first-order valence-corrected chi connectivity index (χ1v) is 7.10. The number of aliphatic hydroxyl groups excluding tert-OH is 1. The van der Waals surface area contributed by atoms with Crippen molar-refractivity contribution in [3.63, 3.8) is 0 Å². The lowest BCUT2D eigenvalue weighted by Gasteiger charge is -2.23. The van der Waals surface area contributed by atoms with Crippen LogP contribution in [-0.2, 0) is 13.0 Å². The Balaban J connectivity index is 1.90. The zero-order valence-corrected chi connectivity index (χ0v) is 11.7. The summed E-state index contributed by atoms with van der Waals surface area (Å²) in [5, 5.41) is 9.46. The highest BCUT2D eigenvalue weighted by Gasteiger charge is 2.22. The summed E-state index contributed by atoms with van der Waals surface area (Å²) in [5.41, 5.74) is 2.32. The molecule has 2 heterocycles. The zero-order chi connectivity index (χ0) is 13.9. The molecule has 1 N–H and O–H groups in total. The Hall–Kier alpha value is -1.81. The lowest BCUT2D eigenvalue weighted by atomic mass is 9.97. The highest BCUT2D eigenvalue weighted by molar-refractivity contribution is 5.35. The standard InChI is InChI=1S/C16H20N2O2/c1-20-15-7-3-2-5-12(15)9-16-17-10-14-13(11-19)6-4-8-18(14)16/h2-3,5,7,10,13,19H,4,6,8-9,11H2,1H3. The molecule has 0 radical (unpaired) electrons. The third-order valence-corrected chi connectivity index (χ3v) is 4.08. The maximum Gasteiger partial charge on any atom is 0.122 e. The Bertz CT molecular complexity index is 592. The Morgan fingerprint density at radius 2 is 2.25 bits per heavy atom. The number of hydrogen-bond acceptors (Lipinski definition) is 3. The molecule has 106 valence electrons. The topological polar surface area (TPSA) is 47.3 Å². The van der Waals surface area contributed by atoms with Crippen molar-refractivity contribution in [2.45, 2.75) is 31.7 Å². The lowest BCUT2D eigenvalue weighted by molar-refractivity contribution is 0.240. The van der Waals surface area contributed by atoms with Crippen LogP contribution in [0.25, 0.3) is 0 Å². The van der Waals surface area contributed by atoms with Gasteiger partial charge in [-0.3, -0.25) is 0 Å². The minimum Gasteiger partial charge on any atom is -0.496 e. The fraction of sp³-hybridized carbons (Fsp3) is 0.438. The number of nitrogens with zero attached hydrogens (tertiary/aromatic N) is 2. The van der Waals surface area contributed by atoms with Crippen molar-refractivity contribution in [3.8, 4) is 5.75 Å². The number of ether oxygens (including phenoxy) is 1. The van der Waals surface area contributed by atoms with Crippen molar-refractivity contribution in [2.24, 2.45) is 0 Å². The third kappa shape index (κ3) is 2.31. The van der Waals surface area contributed by atoms with E-state index in [-0.39, 0.29) is 12.5 Å². The van der Waals surface area contributed by atoms with Crippen LogP contribution in [0.4, 0.5) is 0 Å². The van der Waals surface area contributed by atoms with Crippen LogP contribution in [0.15, 0.2) is 30.5 Å². The molecule has 0 saturated carbocycles. The molecule has 0 bridgehead atoms. The van der Waals surface area contributed by atoms with Gasteiger partial charge in [0.05, 0.1) is 13.7 Å². The van der Waals surface area contributed by atoms with Crippen LogP contribution in [0, 0.1) is 0 Å². The van der Waals surface area contributed by atoms with Gasteiger partial charge < -0.3 is 14.4 Å². The van der Waals surface area contributed by atoms with Crippen LogP contribution in [0.3, 0.4) is 0 Å². The molecule has 1 aromatic carbocycles. The van der Waals surface area contributed by atoms with E-state index < -0.39 is 0 Å². The monoisotopic (exact) mass is 272 g/mol. The van der Waals surface area contributed by atoms with Gasteiger partial charge in [-0.1, -0.05) is 18.2 Å². The number of aromatic nitrogens is 2. The molecule has 1 aromatic heterocycles. The van der Waals surface area contributed by atoms with Crippen molar-refractivity contribution in [1.82, 2.24) is 9.55 Å². The van der Waals surface area contributed by atoms with Crippen LogP contribution in [0.5, 0.6) is 5.75 Å². The fourth-order valence-electron chi connectivity index (χ4n) is 3.00. The summed E-state index contributed by atoms with van der Waals surface area (Å²) in [5.74, 6) is 2.20. The third-order valence-electron chi connectivity index (χ3n) is 4.08. The number of para-hydroxylation sites is 1. The Morgan fingerprint density at radius 1 is 1.40 bits per heavy atom.